The third kappa shape index (κ3) is 3.84. The number of benzene rings is 1. The predicted octanol–water partition coefficient (Wildman–Crippen LogP) is 2.54. The molecule has 0 N–H and O–H groups in total. The highest BCUT2D eigenvalue weighted by atomic mass is 32.2. The summed E-state index contributed by atoms with van der Waals surface area (Å²) < 4.78 is 23.4. The molecule has 0 heterocycles. The zero-order chi connectivity index (χ0) is 15.6. The van der Waals surface area contributed by atoms with Gasteiger partial charge in [0.05, 0.1) is 5.25 Å². The van der Waals surface area contributed by atoms with Crippen molar-refractivity contribution in [3.8, 4) is 0 Å². The number of carbonyl (C=O) groups excluding carboxylic acids is 1. The van der Waals surface area contributed by atoms with E-state index in [4.69, 9.17) is 0 Å². The van der Waals surface area contributed by atoms with Crippen molar-refractivity contribution in [3.63, 3.8) is 0 Å². The number of hydrogen-bond donors (Lipinski definition) is 0. The van der Waals surface area contributed by atoms with Gasteiger partial charge < -0.3 is 4.90 Å². The van der Waals surface area contributed by atoms with Crippen LogP contribution in [0.1, 0.15) is 36.0 Å². The molecule has 1 aliphatic carbocycles. The number of anilines is 1. The summed E-state index contributed by atoms with van der Waals surface area (Å²) in [5.74, 6) is -0.0945. The van der Waals surface area contributed by atoms with Crippen molar-refractivity contribution in [1.82, 2.24) is 0 Å². The van der Waals surface area contributed by atoms with Crippen molar-refractivity contribution in [2.45, 2.75) is 30.9 Å². The zero-order valence-electron chi connectivity index (χ0n) is 12.9. The van der Waals surface area contributed by atoms with Crippen LogP contribution in [0, 0.1) is 5.92 Å². The first-order valence-corrected chi connectivity index (χ1v) is 9.25. The van der Waals surface area contributed by atoms with E-state index in [0.717, 1.165) is 18.5 Å². The highest BCUT2D eigenvalue weighted by Gasteiger charge is 2.32. The second-order valence-corrected chi connectivity index (χ2v) is 8.45. The number of ketones is 1. The summed E-state index contributed by atoms with van der Waals surface area (Å²) in [5.41, 5.74) is 1.66. The van der Waals surface area contributed by atoms with Crippen LogP contribution >= 0.6 is 0 Å². The topological polar surface area (TPSA) is 54.5 Å². The fraction of sp³-hybridized carbons (Fsp3) is 0.562. The molecule has 1 fully saturated rings. The number of hydrogen-bond acceptors (Lipinski definition) is 4. The predicted molar refractivity (Wildman–Crippen MR) is 85.7 cm³/mol. The van der Waals surface area contributed by atoms with Gasteiger partial charge in [0.2, 0.25) is 0 Å². The molecule has 0 aliphatic heterocycles. The summed E-state index contributed by atoms with van der Waals surface area (Å²) in [6.45, 7) is 0. The first kappa shape index (κ1) is 16.0. The van der Waals surface area contributed by atoms with Crippen LogP contribution in [0.5, 0.6) is 0 Å². The first-order chi connectivity index (χ1) is 9.79. The summed E-state index contributed by atoms with van der Waals surface area (Å²) in [4.78, 5) is 14.6. The van der Waals surface area contributed by atoms with E-state index in [1.165, 1.54) is 6.26 Å². The number of Topliss-reactive ketones (excluding diaryl/α,β-unsaturated/α-hetero) is 1. The molecule has 0 radical (unpaired) electrons. The monoisotopic (exact) mass is 309 g/mol. The second kappa shape index (κ2) is 6.18. The molecule has 2 rings (SSSR count). The van der Waals surface area contributed by atoms with Crippen molar-refractivity contribution in [3.05, 3.63) is 29.8 Å². The van der Waals surface area contributed by atoms with Crippen LogP contribution in [0.4, 0.5) is 5.69 Å². The van der Waals surface area contributed by atoms with Crippen LogP contribution in [0.3, 0.4) is 0 Å². The lowest BCUT2D eigenvalue weighted by atomic mass is 9.83. The Morgan fingerprint density at radius 1 is 1.24 bits per heavy atom. The molecule has 4 nitrogen and oxygen atoms in total. The Morgan fingerprint density at radius 3 is 2.57 bits per heavy atom. The molecule has 0 bridgehead atoms. The molecule has 2 atom stereocenters. The van der Waals surface area contributed by atoms with Gasteiger partial charge >= 0.3 is 0 Å². The maximum atomic E-state index is 12.6. The average Bonchev–Trinajstić information content (AvgIpc) is 2.46. The van der Waals surface area contributed by atoms with Crippen LogP contribution in [-0.2, 0) is 9.84 Å². The fourth-order valence-electron chi connectivity index (χ4n) is 2.95. The molecule has 21 heavy (non-hydrogen) atoms. The number of rotatable bonds is 4. The van der Waals surface area contributed by atoms with Crippen molar-refractivity contribution >= 4 is 21.3 Å². The quantitative estimate of drug-likeness (QED) is 0.802. The largest absolute Gasteiger partial charge is 0.378 e. The normalized spacial score (nSPS) is 22.8. The Hall–Kier alpha value is -1.36. The summed E-state index contributed by atoms with van der Waals surface area (Å²) in [7, 11) is 0.812. The molecule has 5 heteroatoms. The van der Waals surface area contributed by atoms with Gasteiger partial charge in [-0.1, -0.05) is 18.6 Å². The van der Waals surface area contributed by atoms with Gasteiger partial charge in [-0.25, -0.2) is 8.42 Å². The lowest BCUT2D eigenvalue weighted by Gasteiger charge is -2.27. The van der Waals surface area contributed by atoms with Gasteiger partial charge in [-0.05, 0) is 31.4 Å². The molecule has 2 unspecified atom stereocenters. The third-order valence-corrected chi connectivity index (χ3v) is 5.89. The third-order valence-electron chi connectivity index (χ3n) is 4.25. The van der Waals surface area contributed by atoms with Gasteiger partial charge in [-0.2, -0.15) is 0 Å². The Bertz CT molecular complexity index is 622. The Morgan fingerprint density at radius 2 is 1.95 bits per heavy atom. The minimum atomic E-state index is -3.06. The van der Waals surface area contributed by atoms with E-state index < -0.39 is 9.84 Å². The highest BCUT2D eigenvalue weighted by Crippen LogP contribution is 2.31. The summed E-state index contributed by atoms with van der Waals surface area (Å²) >= 11 is 0. The zero-order valence-corrected chi connectivity index (χ0v) is 13.7. The maximum Gasteiger partial charge on any atom is 0.166 e. The average molecular weight is 309 g/mol. The minimum Gasteiger partial charge on any atom is -0.378 e. The molecule has 0 saturated heterocycles. The number of nitrogens with zero attached hydrogens (tertiary/aromatic N) is 1. The van der Waals surface area contributed by atoms with Gasteiger partial charge in [0, 0.05) is 37.5 Å². The molecular formula is C16H23NO3S. The van der Waals surface area contributed by atoms with Crippen LogP contribution in [0.25, 0.3) is 0 Å². The SMILES string of the molecule is CN(C)c1cccc(C(=O)C2CCCC(S(C)(=O)=O)C2)c1. The molecule has 0 aromatic heterocycles. The number of carbonyl (C=O) groups is 1. The fourth-order valence-corrected chi connectivity index (χ4v) is 4.12. The summed E-state index contributed by atoms with van der Waals surface area (Å²) in [6.07, 6.45) is 4.01. The van der Waals surface area contributed by atoms with Gasteiger partial charge in [0.25, 0.3) is 0 Å². The molecule has 116 valence electrons. The Kier molecular flexibility index (Phi) is 4.71. The first-order valence-electron chi connectivity index (χ1n) is 7.29. The van der Waals surface area contributed by atoms with E-state index in [2.05, 4.69) is 0 Å². The van der Waals surface area contributed by atoms with E-state index in [1.54, 1.807) is 0 Å². The second-order valence-electron chi connectivity index (χ2n) is 6.12. The van der Waals surface area contributed by atoms with Crippen LogP contribution in [0.15, 0.2) is 24.3 Å². The standard InChI is InChI=1S/C16H23NO3S/c1-17(2)14-8-4-6-12(10-14)16(18)13-7-5-9-15(11-13)21(3,19)20/h4,6,8,10,13,15H,5,7,9,11H2,1-3H3. The van der Waals surface area contributed by atoms with Gasteiger partial charge in [0.1, 0.15) is 9.84 Å². The van der Waals surface area contributed by atoms with Crippen LogP contribution in [-0.4, -0.2) is 39.8 Å². The number of sulfone groups is 1. The molecule has 1 aliphatic rings. The van der Waals surface area contributed by atoms with E-state index >= 15 is 0 Å². The molecule has 1 aromatic rings. The molecule has 1 saturated carbocycles. The Labute approximate surface area is 127 Å². The van der Waals surface area contributed by atoms with E-state index in [1.807, 2.05) is 43.3 Å². The van der Waals surface area contributed by atoms with Gasteiger partial charge in [0.15, 0.2) is 5.78 Å². The maximum absolute atomic E-state index is 12.6. The molecule has 0 amide bonds. The minimum absolute atomic E-state index is 0.0760. The van der Waals surface area contributed by atoms with Gasteiger partial charge in [-0.3, -0.25) is 4.79 Å². The lowest BCUT2D eigenvalue weighted by Crippen LogP contribution is -2.31. The summed E-state index contributed by atoms with van der Waals surface area (Å²) in [6, 6.07) is 7.53. The summed E-state index contributed by atoms with van der Waals surface area (Å²) in [5, 5.41) is -0.364. The van der Waals surface area contributed by atoms with Gasteiger partial charge in [-0.15, -0.1) is 0 Å². The van der Waals surface area contributed by atoms with Crippen LogP contribution < -0.4 is 4.90 Å². The lowest BCUT2D eigenvalue weighted by molar-refractivity contribution is 0.0891. The van der Waals surface area contributed by atoms with Crippen LogP contribution in [0.2, 0.25) is 0 Å². The van der Waals surface area contributed by atoms with E-state index in [-0.39, 0.29) is 17.0 Å². The van der Waals surface area contributed by atoms with E-state index in [0.29, 0.717) is 18.4 Å². The van der Waals surface area contributed by atoms with E-state index in [9.17, 15) is 13.2 Å². The van der Waals surface area contributed by atoms with Crippen molar-refractivity contribution in [2.75, 3.05) is 25.3 Å². The Balaban J connectivity index is 2.18. The van der Waals surface area contributed by atoms with Crippen molar-refractivity contribution in [2.24, 2.45) is 5.92 Å². The highest BCUT2D eigenvalue weighted by molar-refractivity contribution is 7.91. The molecular weight excluding hydrogens is 286 g/mol. The molecule has 0 spiro atoms. The van der Waals surface area contributed by atoms with Crippen molar-refractivity contribution in [1.29, 1.82) is 0 Å². The smallest absolute Gasteiger partial charge is 0.166 e. The van der Waals surface area contributed by atoms with Crippen molar-refractivity contribution < 1.29 is 13.2 Å². The molecule has 1 aromatic carbocycles.